The molecule has 0 bridgehead atoms. The van der Waals surface area contributed by atoms with E-state index in [-0.39, 0.29) is 29.8 Å². The van der Waals surface area contributed by atoms with Crippen LogP contribution in [0.1, 0.15) is 39.2 Å². The summed E-state index contributed by atoms with van der Waals surface area (Å²) in [6.45, 7) is 10.3. The van der Waals surface area contributed by atoms with Crippen molar-refractivity contribution < 1.29 is 9.13 Å². The molecule has 0 amide bonds. The molecule has 0 aliphatic rings. The third-order valence-corrected chi connectivity index (χ3v) is 4.92. The van der Waals surface area contributed by atoms with Crippen LogP contribution in [0.5, 0.6) is 11.6 Å². The predicted molar refractivity (Wildman–Crippen MR) is 136 cm³/mol. The molecule has 8 heteroatoms. The summed E-state index contributed by atoms with van der Waals surface area (Å²) >= 11 is 0. The first-order valence-electron chi connectivity index (χ1n) is 10.6. The normalized spacial score (nSPS) is 12.3. The SMILES string of the molecule is CCN(CC)CCCC(C)NC(=NC)NCc1cccnc1Oc1cccc(F)c1.I. The average molecular weight is 543 g/mol. The number of hydrogen-bond donors (Lipinski definition) is 2. The van der Waals surface area contributed by atoms with Gasteiger partial charge in [-0.25, -0.2) is 9.37 Å². The summed E-state index contributed by atoms with van der Waals surface area (Å²) in [5.74, 6) is 1.24. The first-order valence-corrected chi connectivity index (χ1v) is 10.6. The zero-order valence-corrected chi connectivity index (χ0v) is 21.2. The number of nitrogens with zero attached hydrogens (tertiary/aromatic N) is 3. The lowest BCUT2D eigenvalue weighted by Crippen LogP contribution is -2.42. The molecule has 1 heterocycles. The van der Waals surface area contributed by atoms with Crippen LogP contribution in [0, 0.1) is 5.82 Å². The number of nitrogens with one attached hydrogen (secondary N) is 2. The molecular weight excluding hydrogens is 508 g/mol. The van der Waals surface area contributed by atoms with Crippen molar-refractivity contribution in [2.45, 2.75) is 46.2 Å². The van der Waals surface area contributed by atoms with Crippen LogP contribution in [0.25, 0.3) is 0 Å². The minimum atomic E-state index is -0.345. The van der Waals surface area contributed by atoms with Crippen LogP contribution in [-0.2, 0) is 6.54 Å². The molecule has 0 saturated heterocycles. The molecule has 1 atom stereocenters. The highest BCUT2D eigenvalue weighted by molar-refractivity contribution is 14.0. The Labute approximate surface area is 202 Å². The lowest BCUT2D eigenvalue weighted by molar-refractivity contribution is 0.292. The maximum Gasteiger partial charge on any atom is 0.224 e. The maximum absolute atomic E-state index is 13.4. The van der Waals surface area contributed by atoms with Gasteiger partial charge >= 0.3 is 0 Å². The first-order chi connectivity index (χ1) is 14.5. The predicted octanol–water partition coefficient (Wildman–Crippen LogP) is 4.81. The van der Waals surface area contributed by atoms with E-state index in [9.17, 15) is 4.39 Å². The molecule has 0 aliphatic heterocycles. The van der Waals surface area contributed by atoms with Gasteiger partial charge in [0.15, 0.2) is 5.96 Å². The van der Waals surface area contributed by atoms with Crippen molar-refractivity contribution in [3.05, 3.63) is 54.0 Å². The molecule has 0 saturated carbocycles. The van der Waals surface area contributed by atoms with Gasteiger partial charge in [-0.05, 0) is 57.6 Å². The second-order valence-electron chi connectivity index (χ2n) is 7.17. The Balaban J connectivity index is 0.00000480. The van der Waals surface area contributed by atoms with Gasteiger partial charge in [0.05, 0.1) is 0 Å². The molecule has 0 fully saturated rings. The van der Waals surface area contributed by atoms with Gasteiger partial charge in [-0.3, -0.25) is 4.99 Å². The lowest BCUT2D eigenvalue weighted by Gasteiger charge is -2.21. The Hall–Kier alpha value is -1.94. The van der Waals surface area contributed by atoms with Gasteiger partial charge in [0, 0.05) is 37.5 Å². The molecule has 0 aliphatic carbocycles. The van der Waals surface area contributed by atoms with E-state index in [1.54, 1.807) is 25.4 Å². The van der Waals surface area contributed by atoms with Crippen LogP contribution in [0.3, 0.4) is 0 Å². The molecule has 2 aromatic rings. The van der Waals surface area contributed by atoms with E-state index in [4.69, 9.17) is 4.74 Å². The summed E-state index contributed by atoms with van der Waals surface area (Å²) in [7, 11) is 1.76. The average Bonchev–Trinajstić information content (AvgIpc) is 2.75. The number of guanidine groups is 1. The van der Waals surface area contributed by atoms with Gasteiger partial charge in [0.25, 0.3) is 0 Å². The highest BCUT2D eigenvalue weighted by atomic mass is 127. The number of benzene rings is 1. The molecule has 172 valence electrons. The van der Waals surface area contributed by atoms with Gasteiger partial charge in [0.1, 0.15) is 11.6 Å². The maximum atomic E-state index is 13.4. The third kappa shape index (κ3) is 9.82. The van der Waals surface area contributed by atoms with Crippen molar-refractivity contribution in [3.63, 3.8) is 0 Å². The van der Waals surface area contributed by atoms with E-state index in [0.717, 1.165) is 44.0 Å². The third-order valence-electron chi connectivity index (χ3n) is 4.92. The molecular formula is C23H35FIN5O. The number of rotatable bonds is 11. The molecule has 1 aromatic heterocycles. The summed E-state index contributed by atoms with van der Waals surface area (Å²) in [4.78, 5) is 11.0. The van der Waals surface area contributed by atoms with Crippen LogP contribution >= 0.6 is 24.0 Å². The van der Waals surface area contributed by atoms with Gasteiger partial charge < -0.3 is 20.3 Å². The van der Waals surface area contributed by atoms with Crippen LogP contribution in [0.15, 0.2) is 47.6 Å². The molecule has 2 N–H and O–H groups in total. The topological polar surface area (TPSA) is 61.8 Å². The van der Waals surface area contributed by atoms with Gasteiger partial charge in [-0.1, -0.05) is 26.0 Å². The Morgan fingerprint density at radius 3 is 2.68 bits per heavy atom. The largest absolute Gasteiger partial charge is 0.439 e. The van der Waals surface area contributed by atoms with Gasteiger partial charge in [-0.15, -0.1) is 24.0 Å². The van der Waals surface area contributed by atoms with Gasteiger partial charge in [0.2, 0.25) is 5.88 Å². The van der Waals surface area contributed by atoms with Crippen LogP contribution < -0.4 is 15.4 Å². The van der Waals surface area contributed by atoms with Crippen LogP contribution in [0.2, 0.25) is 0 Å². The summed E-state index contributed by atoms with van der Waals surface area (Å²) in [5.41, 5.74) is 0.860. The summed E-state index contributed by atoms with van der Waals surface area (Å²) < 4.78 is 19.2. The summed E-state index contributed by atoms with van der Waals surface area (Å²) in [6, 6.07) is 10.1. The van der Waals surface area contributed by atoms with Crippen molar-refractivity contribution in [1.29, 1.82) is 0 Å². The monoisotopic (exact) mass is 543 g/mol. The molecule has 2 rings (SSSR count). The lowest BCUT2D eigenvalue weighted by atomic mass is 10.2. The molecule has 6 nitrogen and oxygen atoms in total. The quantitative estimate of drug-likeness (QED) is 0.242. The van der Waals surface area contributed by atoms with E-state index in [1.165, 1.54) is 12.1 Å². The van der Waals surface area contributed by atoms with E-state index in [2.05, 4.69) is 46.3 Å². The fourth-order valence-electron chi connectivity index (χ4n) is 3.13. The highest BCUT2D eigenvalue weighted by Crippen LogP contribution is 2.23. The standard InChI is InChI=1S/C23H34FN5O.HI/c1-5-29(6-2)15-9-10-18(3)28-23(25-4)27-17-19-11-8-14-26-22(19)30-21-13-7-12-20(24)16-21;/h7-8,11-14,16,18H,5-6,9-10,15,17H2,1-4H3,(H2,25,27,28);1H. The van der Waals surface area contributed by atoms with Crippen LogP contribution in [0.4, 0.5) is 4.39 Å². The highest BCUT2D eigenvalue weighted by Gasteiger charge is 2.10. The van der Waals surface area contributed by atoms with Crippen molar-refractivity contribution in [3.8, 4) is 11.6 Å². The molecule has 1 aromatic carbocycles. The fourth-order valence-corrected chi connectivity index (χ4v) is 3.13. The molecule has 0 spiro atoms. The Morgan fingerprint density at radius 1 is 1.23 bits per heavy atom. The zero-order chi connectivity index (χ0) is 21.8. The number of aliphatic imine (C=N–C) groups is 1. The van der Waals surface area contributed by atoms with Crippen molar-refractivity contribution in [1.82, 2.24) is 20.5 Å². The number of ether oxygens (including phenoxy) is 1. The number of halogens is 2. The zero-order valence-electron chi connectivity index (χ0n) is 18.9. The van der Waals surface area contributed by atoms with Crippen molar-refractivity contribution >= 4 is 29.9 Å². The molecule has 0 radical (unpaired) electrons. The molecule has 31 heavy (non-hydrogen) atoms. The van der Waals surface area contributed by atoms with Crippen molar-refractivity contribution in [2.24, 2.45) is 4.99 Å². The smallest absolute Gasteiger partial charge is 0.224 e. The fraction of sp³-hybridized carbons (Fsp3) is 0.478. The van der Waals surface area contributed by atoms with Crippen LogP contribution in [-0.4, -0.2) is 48.6 Å². The first kappa shape index (κ1) is 27.1. The minimum absolute atomic E-state index is 0. The van der Waals surface area contributed by atoms with Crippen molar-refractivity contribution in [2.75, 3.05) is 26.7 Å². The Kier molecular flexibility index (Phi) is 13.1. The van der Waals surface area contributed by atoms with E-state index >= 15 is 0 Å². The van der Waals surface area contributed by atoms with E-state index < -0.39 is 0 Å². The van der Waals surface area contributed by atoms with Gasteiger partial charge in [-0.2, -0.15) is 0 Å². The minimum Gasteiger partial charge on any atom is -0.439 e. The second-order valence-corrected chi connectivity index (χ2v) is 7.17. The number of pyridine rings is 1. The van der Waals surface area contributed by atoms with E-state index in [1.807, 2.05) is 12.1 Å². The molecule has 1 unspecified atom stereocenters. The summed E-state index contributed by atoms with van der Waals surface area (Å²) in [6.07, 6.45) is 3.86. The van der Waals surface area contributed by atoms with E-state index in [0.29, 0.717) is 24.2 Å². The Bertz CT molecular complexity index is 801. The Morgan fingerprint density at radius 2 is 2.00 bits per heavy atom. The number of hydrogen-bond acceptors (Lipinski definition) is 4. The number of aromatic nitrogens is 1. The second kappa shape index (κ2) is 15.0. The summed E-state index contributed by atoms with van der Waals surface area (Å²) in [5, 5.41) is 6.74.